The zero-order chi connectivity index (χ0) is 33.3. The van der Waals surface area contributed by atoms with Gasteiger partial charge in [0.2, 0.25) is 11.8 Å². The van der Waals surface area contributed by atoms with E-state index < -0.39 is 28.5 Å². The Hall–Kier alpha value is -4.63. The van der Waals surface area contributed by atoms with Crippen LogP contribution in [-0.4, -0.2) is 50.9 Å². The van der Waals surface area contributed by atoms with Gasteiger partial charge in [0.15, 0.2) is 0 Å². The lowest BCUT2D eigenvalue weighted by Gasteiger charge is -2.35. The minimum absolute atomic E-state index is 0.0395. The molecule has 0 aliphatic rings. The Morgan fingerprint density at radius 2 is 1.48 bits per heavy atom. The number of hydrogen-bond donors (Lipinski definition) is 1. The largest absolute Gasteiger partial charge is 0.495 e. The number of carbonyl (C=O) groups excluding carboxylic acids is 2. The van der Waals surface area contributed by atoms with Crippen LogP contribution in [0.3, 0.4) is 0 Å². The van der Waals surface area contributed by atoms with E-state index in [2.05, 4.69) is 5.32 Å². The van der Waals surface area contributed by atoms with Gasteiger partial charge in [-0.05, 0) is 68.1 Å². The van der Waals surface area contributed by atoms with Crippen molar-refractivity contribution in [2.75, 3.05) is 18.0 Å². The van der Waals surface area contributed by atoms with Crippen LogP contribution in [0.4, 0.5) is 5.69 Å². The molecular formula is C37H43N3O5S. The Labute approximate surface area is 273 Å². The highest BCUT2D eigenvalue weighted by Gasteiger charge is 2.36. The molecule has 0 radical (unpaired) electrons. The Balaban J connectivity index is 1.84. The van der Waals surface area contributed by atoms with Crippen LogP contribution in [0, 0.1) is 13.8 Å². The molecule has 0 aromatic heterocycles. The molecule has 242 valence electrons. The summed E-state index contributed by atoms with van der Waals surface area (Å²) in [4.78, 5) is 30.2. The molecule has 0 heterocycles. The number of aryl methyl sites for hydroxylation is 2. The van der Waals surface area contributed by atoms with Crippen molar-refractivity contribution >= 4 is 27.5 Å². The first-order valence-corrected chi connectivity index (χ1v) is 16.9. The number of ether oxygens (including phenoxy) is 1. The third kappa shape index (κ3) is 8.34. The van der Waals surface area contributed by atoms with Crippen molar-refractivity contribution in [2.45, 2.75) is 64.1 Å². The molecule has 9 heteroatoms. The maximum atomic E-state index is 14.7. The molecule has 1 N–H and O–H groups in total. The lowest BCUT2D eigenvalue weighted by atomic mass is 10.0. The number of anilines is 1. The number of hydrogen-bond acceptors (Lipinski definition) is 5. The number of nitrogens with one attached hydrogen (secondary N) is 1. The van der Waals surface area contributed by atoms with Crippen molar-refractivity contribution in [1.82, 2.24) is 10.2 Å². The van der Waals surface area contributed by atoms with Crippen molar-refractivity contribution in [3.63, 3.8) is 0 Å². The van der Waals surface area contributed by atoms with Gasteiger partial charge in [-0.3, -0.25) is 13.9 Å². The van der Waals surface area contributed by atoms with E-state index in [1.807, 2.05) is 82.3 Å². The summed E-state index contributed by atoms with van der Waals surface area (Å²) >= 11 is 0. The Morgan fingerprint density at radius 1 is 0.848 bits per heavy atom. The van der Waals surface area contributed by atoms with E-state index in [1.54, 1.807) is 36.4 Å². The Morgan fingerprint density at radius 3 is 2.13 bits per heavy atom. The quantitative estimate of drug-likeness (QED) is 0.181. The molecule has 4 aromatic carbocycles. The predicted molar refractivity (Wildman–Crippen MR) is 182 cm³/mol. The maximum Gasteiger partial charge on any atom is 0.264 e. The van der Waals surface area contributed by atoms with Gasteiger partial charge in [0.1, 0.15) is 18.3 Å². The smallest absolute Gasteiger partial charge is 0.264 e. The van der Waals surface area contributed by atoms with Crippen LogP contribution in [0.1, 0.15) is 42.5 Å². The van der Waals surface area contributed by atoms with Gasteiger partial charge in [0.25, 0.3) is 10.0 Å². The second-order valence-corrected chi connectivity index (χ2v) is 13.3. The van der Waals surface area contributed by atoms with Crippen LogP contribution >= 0.6 is 0 Å². The number of nitrogens with zero attached hydrogens (tertiary/aromatic N) is 2. The molecule has 0 fully saturated rings. The lowest BCUT2D eigenvalue weighted by Crippen LogP contribution is -2.54. The van der Waals surface area contributed by atoms with Gasteiger partial charge in [-0.1, -0.05) is 91.3 Å². The van der Waals surface area contributed by atoms with Crippen LogP contribution in [0.15, 0.2) is 108 Å². The monoisotopic (exact) mass is 641 g/mol. The molecule has 0 saturated carbocycles. The van der Waals surface area contributed by atoms with E-state index in [4.69, 9.17) is 4.74 Å². The van der Waals surface area contributed by atoms with Gasteiger partial charge < -0.3 is 15.0 Å². The van der Waals surface area contributed by atoms with Crippen molar-refractivity contribution in [2.24, 2.45) is 0 Å². The van der Waals surface area contributed by atoms with E-state index in [9.17, 15) is 18.0 Å². The van der Waals surface area contributed by atoms with Gasteiger partial charge in [-0.2, -0.15) is 0 Å². The van der Waals surface area contributed by atoms with Crippen molar-refractivity contribution < 1.29 is 22.7 Å². The fraction of sp³-hybridized carbons (Fsp3) is 0.297. The summed E-state index contributed by atoms with van der Waals surface area (Å²) in [6.45, 7) is 7.29. The second-order valence-electron chi connectivity index (χ2n) is 11.5. The third-order valence-electron chi connectivity index (χ3n) is 8.12. The summed E-state index contributed by atoms with van der Waals surface area (Å²) < 4.78 is 35.2. The number of rotatable bonds is 14. The molecule has 4 aromatic rings. The van der Waals surface area contributed by atoms with E-state index in [1.165, 1.54) is 24.1 Å². The fourth-order valence-corrected chi connectivity index (χ4v) is 6.58. The molecule has 0 saturated heterocycles. The standard InChI is InChI=1S/C37H43N3O5S/c1-6-29(4)38-37(42)34(24-30-15-8-7-9-16-30)39(25-31-17-11-10-14-28(31)3)36(41)26-40(33-18-12-13-19-35(33)45-5)46(43,44)32-22-20-27(2)21-23-32/h7-23,29,34H,6,24-26H2,1-5H3,(H,38,42)/t29-,34-/m0/s1. The zero-order valence-electron chi connectivity index (χ0n) is 27.1. The zero-order valence-corrected chi connectivity index (χ0v) is 28.0. The van der Waals surface area contributed by atoms with Crippen molar-refractivity contribution in [3.8, 4) is 5.75 Å². The summed E-state index contributed by atoms with van der Waals surface area (Å²) in [7, 11) is -2.78. The summed E-state index contributed by atoms with van der Waals surface area (Å²) in [5.41, 5.74) is 3.81. The van der Waals surface area contributed by atoms with E-state index >= 15 is 0 Å². The Kier molecular flexibility index (Phi) is 11.6. The predicted octanol–water partition coefficient (Wildman–Crippen LogP) is 6.06. The molecule has 46 heavy (non-hydrogen) atoms. The highest BCUT2D eigenvalue weighted by molar-refractivity contribution is 7.92. The fourth-order valence-electron chi connectivity index (χ4n) is 5.15. The van der Waals surface area contributed by atoms with E-state index in [0.29, 0.717) is 12.2 Å². The average Bonchev–Trinajstić information content (AvgIpc) is 3.06. The summed E-state index contributed by atoms with van der Waals surface area (Å²) in [5.74, 6) is -0.526. The maximum absolute atomic E-state index is 14.7. The normalized spacial score (nSPS) is 12.5. The van der Waals surface area contributed by atoms with Crippen LogP contribution in [-0.2, 0) is 32.6 Å². The molecule has 0 aliphatic heterocycles. The average molecular weight is 642 g/mol. The Bertz CT molecular complexity index is 1730. The molecule has 2 amide bonds. The van der Waals surface area contributed by atoms with Crippen molar-refractivity contribution in [3.05, 3.63) is 125 Å². The van der Waals surface area contributed by atoms with Gasteiger partial charge in [-0.15, -0.1) is 0 Å². The molecule has 4 rings (SSSR count). The first kappa shape index (κ1) is 34.2. The number of methoxy groups -OCH3 is 1. The SMILES string of the molecule is CC[C@H](C)NC(=O)[C@H](Cc1ccccc1)N(Cc1ccccc1C)C(=O)CN(c1ccccc1OC)S(=O)(=O)c1ccc(C)cc1. The summed E-state index contributed by atoms with van der Waals surface area (Å²) in [5, 5.41) is 3.07. The molecule has 0 unspecified atom stereocenters. The number of amides is 2. The van der Waals surface area contributed by atoms with E-state index in [-0.39, 0.29) is 35.5 Å². The molecule has 0 aliphatic carbocycles. The molecule has 0 bridgehead atoms. The van der Waals surface area contributed by atoms with Crippen LogP contribution < -0.4 is 14.4 Å². The summed E-state index contributed by atoms with van der Waals surface area (Å²) in [6.07, 6.45) is 0.964. The molecule has 0 spiro atoms. The minimum Gasteiger partial charge on any atom is -0.495 e. The van der Waals surface area contributed by atoms with Crippen LogP contribution in [0.2, 0.25) is 0 Å². The first-order valence-electron chi connectivity index (χ1n) is 15.5. The first-order chi connectivity index (χ1) is 22.0. The molecule has 2 atom stereocenters. The number of sulfonamides is 1. The second kappa shape index (κ2) is 15.6. The number of carbonyl (C=O) groups is 2. The van der Waals surface area contributed by atoms with Gasteiger partial charge >= 0.3 is 0 Å². The van der Waals surface area contributed by atoms with Crippen molar-refractivity contribution in [1.29, 1.82) is 0 Å². The topological polar surface area (TPSA) is 96.0 Å². The number of benzene rings is 4. The van der Waals surface area contributed by atoms with E-state index in [0.717, 1.165) is 26.6 Å². The molecular weight excluding hydrogens is 598 g/mol. The number of para-hydroxylation sites is 2. The lowest BCUT2D eigenvalue weighted by molar-refractivity contribution is -0.140. The highest BCUT2D eigenvalue weighted by atomic mass is 32.2. The van der Waals surface area contributed by atoms with Gasteiger partial charge in [0, 0.05) is 19.0 Å². The minimum atomic E-state index is -4.24. The third-order valence-corrected chi connectivity index (χ3v) is 9.89. The summed E-state index contributed by atoms with van der Waals surface area (Å²) in [6, 6.07) is 29.4. The van der Waals surface area contributed by atoms with Crippen LogP contribution in [0.25, 0.3) is 0 Å². The highest BCUT2D eigenvalue weighted by Crippen LogP contribution is 2.33. The van der Waals surface area contributed by atoms with Gasteiger partial charge in [-0.25, -0.2) is 8.42 Å². The van der Waals surface area contributed by atoms with Crippen LogP contribution in [0.5, 0.6) is 5.75 Å². The molecule has 8 nitrogen and oxygen atoms in total. The van der Waals surface area contributed by atoms with Gasteiger partial charge in [0.05, 0.1) is 17.7 Å².